The van der Waals surface area contributed by atoms with E-state index >= 15 is 0 Å². The Labute approximate surface area is 58.4 Å². The third-order valence-electron chi connectivity index (χ3n) is 1.59. The van der Waals surface area contributed by atoms with Crippen molar-refractivity contribution >= 4 is 0 Å². The molecule has 10 heavy (non-hydrogen) atoms. The quantitative estimate of drug-likeness (QED) is 0.527. The first-order valence-corrected chi connectivity index (χ1v) is 3.19. The predicted octanol–water partition coefficient (Wildman–Crippen LogP) is 1.56. The summed E-state index contributed by atoms with van der Waals surface area (Å²) in [6.45, 7) is 0.673. The number of halogens is 1. The van der Waals surface area contributed by atoms with Crippen LogP contribution in [0.1, 0.15) is 5.56 Å². The molecule has 0 atom stereocenters. The molecule has 0 fully saturated rings. The van der Waals surface area contributed by atoms with Gasteiger partial charge in [-0.15, -0.1) is 0 Å². The highest BCUT2D eigenvalue weighted by Crippen LogP contribution is 2.24. The fourth-order valence-corrected chi connectivity index (χ4v) is 1.08. The minimum absolute atomic E-state index is 0.347. The molecule has 1 aliphatic rings. The standard InChI is InChI=1S/C8H6FO/c9-7-2-1-6-3-4-10-8(6)5-7/h1,5H,3-4H2. The lowest BCUT2D eigenvalue weighted by molar-refractivity contribution is 0.355. The van der Waals surface area contributed by atoms with Crippen LogP contribution in [-0.4, -0.2) is 6.61 Å². The van der Waals surface area contributed by atoms with Gasteiger partial charge in [-0.2, -0.15) is 0 Å². The van der Waals surface area contributed by atoms with Gasteiger partial charge in [0.2, 0.25) is 0 Å². The van der Waals surface area contributed by atoms with Crippen LogP contribution < -0.4 is 4.74 Å². The molecule has 1 aromatic carbocycles. The molecule has 0 saturated carbocycles. The zero-order chi connectivity index (χ0) is 6.97. The molecule has 0 aromatic heterocycles. The molecule has 0 amide bonds. The van der Waals surface area contributed by atoms with Gasteiger partial charge in [0.1, 0.15) is 11.6 Å². The summed E-state index contributed by atoms with van der Waals surface area (Å²) in [6, 6.07) is 5.51. The number of hydrogen-bond donors (Lipinski definition) is 0. The van der Waals surface area contributed by atoms with E-state index in [0.29, 0.717) is 12.4 Å². The molecule has 51 valence electrons. The van der Waals surface area contributed by atoms with Gasteiger partial charge >= 0.3 is 0 Å². The van der Waals surface area contributed by atoms with Crippen LogP contribution in [0.25, 0.3) is 0 Å². The molecule has 1 aromatic rings. The lowest BCUT2D eigenvalue weighted by Crippen LogP contribution is -1.86. The lowest BCUT2D eigenvalue weighted by atomic mass is 10.2. The molecule has 1 radical (unpaired) electrons. The van der Waals surface area contributed by atoms with Crippen LogP contribution in [0.2, 0.25) is 0 Å². The summed E-state index contributed by atoms with van der Waals surface area (Å²) in [6.07, 6.45) is 0.881. The number of rotatable bonds is 0. The number of hydrogen-bond acceptors (Lipinski definition) is 1. The van der Waals surface area contributed by atoms with Crippen LogP contribution in [0, 0.1) is 11.9 Å². The summed E-state index contributed by atoms with van der Waals surface area (Å²) in [7, 11) is 0. The average molecular weight is 137 g/mol. The van der Waals surface area contributed by atoms with Crippen molar-refractivity contribution in [1.29, 1.82) is 0 Å². The zero-order valence-corrected chi connectivity index (χ0v) is 5.36. The highest BCUT2D eigenvalue weighted by atomic mass is 19.1. The van der Waals surface area contributed by atoms with Crippen molar-refractivity contribution in [2.24, 2.45) is 0 Å². The van der Waals surface area contributed by atoms with Gasteiger partial charge in [-0.05, 0) is 11.6 Å². The normalized spacial score (nSPS) is 14.5. The van der Waals surface area contributed by atoms with Crippen molar-refractivity contribution in [3.05, 3.63) is 29.6 Å². The van der Waals surface area contributed by atoms with E-state index in [1.807, 2.05) is 0 Å². The Balaban J connectivity index is 2.52. The van der Waals surface area contributed by atoms with Gasteiger partial charge < -0.3 is 4.74 Å². The second-order valence-corrected chi connectivity index (χ2v) is 2.27. The van der Waals surface area contributed by atoms with E-state index in [-0.39, 0.29) is 5.82 Å². The van der Waals surface area contributed by atoms with E-state index in [2.05, 4.69) is 6.07 Å². The second kappa shape index (κ2) is 1.97. The Morgan fingerprint density at radius 3 is 3.40 bits per heavy atom. The van der Waals surface area contributed by atoms with Gasteiger partial charge in [0.05, 0.1) is 6.61 Å². The molecule has 0 aliphatic carbocycles. The van der Waals surface area contributed by atoms with E-state index in [4.69, 9.17) is 4.74 Å². The minimum Gasteiger partial charge on any atom is -0.493 e. The highest BCUT2D eigenvalue weighted by molar-refractivity contribution is 5.36. The first-order valence-electron chi connectivity index (χ1n) is 3.19. The molecule has 0 spiro atoms. The summed E-state index contributed by atoms with van der Waals surface area (Å²) >= 11 is 0. The fourth-order valence-electron chi connectivity index (χ4n) is 1.08. The molecule has 0 N–H and O–H groups in total. The summed E-state index contributed by atoms with van der Waals surface area (Å²) in [5, 5.41) is 0. The van der Waals surface area contributed by atoms with Crippen molar-refractivity contribution < 1.29 is 9.13 Å². The summed E-state index contributed by atoms with van der Waals surface area (Å²) in [4.78, 5) is 0. The molecule has 1 heterocycles. The van der Waals surface area contributed by atoms with E-state index in [9.17, 15) is 4.39 Å². The molecule has 0 bridgehead atoms. The van der Waals surface area contributed by atoms with Crippen LogP contribution in [0.3, 0.4) is 0 Å². The third-order valence-corrected chi connectivity index (χ3v) is 1.59. The SMILES string of the molecule is Fc1[c]cc2c(c1)OCC2. The third kappa shape index (κ3) is 0.764. The molecular weight excluding hydrogens is 131 g/mol. The van der Waals surface area contributed by atoms with Crippen molar-refractivity contribution in [1.82, 2.24) is 0 Å². The second-order valence-electron chi connectivity index (χ2n) is 2.27. The molecular formula is C8H6FO. The number of fused-ring (bicyclic) bond motifs is 1. The summed E-state index contributed by atoms with van der Waals surface area (Å²) in [5.74, 6) is 0.330. The summed E-state index contributed by atoms with van der Waals surface area (Å²) in [5.41, 5.74) is 1.06. The van der Waals surface area contributed by atoms with E-state index in [1.54, 1.807) is 6.07 Å². The average Bonchev–Trinajstić information content (AvgIpc) is 2.33. The van der Waals surface area contributed by atoms with Crippen molar-refractivity contribution in [2.45, 2.75) is 6.42 Å². The van der Waals surface area contributed by atoms with Crippen LogP contribution in [0.5, 0.6) is 5.75 Å². The molecule has 0 saturated heterocycles. The van der Waals surface area contributed by atoms with E-state index in [1.165, 1.54) is 6.07 Å². The van der Waals surface area contributed by atoms with Gasteiger partial charge in [0.15, 0.2) is 0 Å². The van der Waals surface area contributed by atoms with Gasteiger partial charge in [-0.3, -0.25) is 0 Å². The predicted molar refractivity (Wildman–Crippen MR) is 34.4 cm³/mol. The van der Waals surface area contributed by atoms with Crippen LogP contribution in [0.4, 0.5) is 4.39 Å². The van der Waals surface area contributed by atoms with E-state index < -0.39 is 0 Å². The van der Waals surface area contributed by atoms with Gasteiger partial charge in [0.25, 0.3) is 0 Å². The van der Waals surface area contributed by atoms with Crippen LogP contribution in [-0.2, 0) is 6.42 Å². The highest BCUT2D eigenvalue weighted by Gasteiger charge is 2.11. The maximum absolute atomic E-state index is 12.4. The monoisotopic (exact) mass is 137 g/mol. The molecule has 2 rings (SSSR count). The largest absolute Gasteiger partial charge is 0.493 e. The first-order chi connectivity index (χ1) is 4.86. The van der Waals surface area contributed by atoms with Crippen LogP contribution >= 0.6 is 0 Å². The van der Waals surface area contributed by atoms with Gasteiger partial charge in [0, 0.05) is 18.6 Å². The Morgan fingerprint density at radius 2 is 2.50 bits per heavy atom. The van der Waals surface area contributed by atoms with E-state index in [0.717, 1.165) is 12.0 Å². The smallest absolute Gasteiger partial charge is 0.134 e. The first kappa shape index (κ1) is 5.71. The van der Waals surface area contributed by atoms with Crippen molar-refractivity contribution in [3.8, 4) is 5.75 Å². The Morgan fingerprint density at radius 1 is 1.60 bits per heavy atom. The summed E-state index contributed by atoms with van der Waals surface area (Å²) < 4.78 is 17.5. The maximum Gasteiger partial charge on any atom is 0.134 e. The fraction of sp³-hybridized carbons (Fsp3) is 0.250. The number of benzene rings is 1. The van der Waals surface area contributed by atoms with Crippen LogP contribution in [0.15, 0.2) is 12.1 Å². The van der Waals surface area contributed by atoms with Gasteiger partial charge in [-0.25, -0.2) is 4.39 Å². The Hall–Kier alpha value is -1.05. The molecule has 1 aliphatic heterocycles. The molecule has 1 nitrogen and oxygen atoms in total. The Bertz CT molecular complexity index is 257. The van der Waals surface area contributed by atoms with Crippen molar-refractivity contribution in [3.63, 3.8) is 0 Å². The minimum atomic E-state index is -0.347. The molecule has 2 heteroatoms. The zero-order valence-electron chi connectivity index (χ0n) is 5.36. The molecule has 0 unspecified atom stereocenters. The van der Waals surface area contributed by atoms with Gasteiger partial charge in [-0.1, -0.05) is 0 Å². The Kier molecular flexibility index (Phi) is 1.13. The topological polar surface area (TPSA) is 9.23 Å². The maximum atomic E-state index is 12.4. The lowest BCUT2D eigenvalue weighted by Gasteiger charge is -1.95. The van der Waals surface area contributed by atoms with Crippen molar-refractivity contribution in [2.75, 3.05) is 6.61 Å². The number of ether oxygens (including phenoxy) is 1.